The molecule has 1 aliphatic heterocycles. The Labute approximate surface area is 115 Å². The molecule has 0 aromatic carbocycles. The zero-order valence-corrected chi connectivity index (χ0v) is 12.4. The molecule has 0 amide bonds. The van der Waals surface area contributed by atoms with Gasteiger partial charge in [-0.2, -0.15) is 4.31 Å². The van der Waals surface area contributed by atoms with Gasteiger partial charge in [-0.1, -0.05) is 6.42 Å². The van der Waals surface area contributed by atoms with Crippen molar-refractivity contribution in [3.8, 4) is 0 Å². The van der Waals surface area contributed by atoms with Crippen molar-refractivity contribution in [3.63, 3.8) is 0 Å². The lowest BCUT2D eigenvalue weighted by molar-refractivity contribution is 0.204. The summed E-state index contributed by atoms with van der Waals surface area (Å²) in [6.07, 6.45) is 4.36. The summed E-state index contributed by atoms with van der Waals surface area (Å²) in [6, 6.07) is 3.41. The lowest BCUT2D eigenvalue weighted by Crippen LogP contribution is -2.47. The van der Waals surface area contributed by atoms with Crippen LogP contribution in [0.5, 0.6) is 0 Å². The summed E-state index contributed by atoms with van der Waals surface area (Å²) in [5.74, 6) is 0.665. The van der Waals surface area contributed by atoms with Crippen LogP contribution < -0.4 is 5.32 Å². The van der Waals surface area contributed by atoms with E-state index in [0.29, 0.717) is 5.82 Å². The summed E-state index contributed by atoms with van der Waals surface area (Å²) >= 11 is 0. The van der Waals surface area contributed by atoms with Crippen LogP contribution in [0.1, 0.15) is 33.1 Å². The van der Waals surface area contributed by atoms with Crippen LogP contribution >= 0.6 is 0 Å². The number of nitrogens with zero attached hydrogens (tertiary/aromatic N) is 2. The maximum atomic E-state index is 12.7. The minimum atomic E-state index is -3.44. The van der Waals surface area contributed by atoms with Crippen LogP contribution in [0.3, 0.4) is 0 Å². The molecule has 19 heavy (non-hydrogen) atoms. The van der Waals surface area contributed by atoms with E-state index in [-0.39, 0.29) is 17.0 Å². The monoisotopic (exact) mass is 283 g/mol. The quantitative estimate of drug-likeness (QED) is 0.922. The molecule has 2 heterocycles. The fourth-order valence-corrected chi connectivity index (χ4v) is 4.50. The van der Waals surface area contributed by atoms with Gasteiger partial charge in [-0.05, 0) is 38.8 Å². The second-order valence-corrected chi connectivity index (χ2v) is 6.94. The van der Waals surface area contributed by atoms with Crippen LogP contribution in [0.2, 0.25) is 0 Å². The molecule has 1 fully saturated rings. The smallest absolute Gasteiger partial charge is 0.245 e. The summed E-state index contributed by atoms with van der Waals surface area (Å²) in [6.45, 7) is 3.95. The van der Waals surface area contributed by atoms with Crippen molar-refractivity contribution in [2.24, 2.45) is 0 Å². The maximum Gasteiger partial charge on any atom is 0.245 e. The molecule has 106 valence electrons. The van der Waals surface area contributed by atoms with Gasteiger partial charge in [0.15, 0.2) is 0 Å². The maximum absolute atomic E-state index is 12.7. The highest BCUT2D eigenvalue weighted by Gasteiger charge is 2.35. The number of sulfonamides is 1. The van der Waals surface area contributed by atoms with Gasteiger partial charge in [-0.15, -0.1) is 0 Å². The van der Waals surface area contributed by atoms with Gasteiger partial charge < -0.3 is 5.32 Å². The van der Waals surface area contributed by atoms with Crippen molar-refractivity contribution in [2.75, 3.05) is 12.4 Å². The molecule has 2 unspecified atom stereocenters. The number of anilines is 1. The minimum absolute atomic E-state index is 0.0535. The van der Waals surface area contributed by atoms with Crippen LogP contribution in [-0.2, 0) is 10.0 Å². The number of nitrogens with one attached hydrogen (secondary N) is 1. The highest BCUT2D eigenvalue weighted by molar-refractivity contribution is 7.89. The first-order chi connectivity index (χ1) is 8.96. The molecular weight excluding hydrogens is 262 g/mol. The van der Waals surface area contributed by atoms with Crippen molar-refractivity contribution in [3.05, 3.63) is 18.3 Å². The Balaban J connectivity index is 2.34. The zero-order chi connectivity index (χ0) is 14.0. The second-order valence-electron chi connectivity index (χ2n) is 5.09. The molecule has 0 saturated carbocycles. The van der Waals surface area contributed by atoms with E-state index in [0.717, 1.165) is 19.3 Å². The van der Waals surface area contributed by atoms with Crippen molar-refractivity contribution in [1.82, 2.24) is 9.29 Å². The van der Waals surface area contributed by atoms with Crippen LogP contribution in [-0.4, -0.2) is 36.8 Å². The third kappa shape index (κ3) is 2.74. The first-order valence-electron chi connectivity index (χ1n) is 6.64. The summed E-state index contributed by atoms with van der Waals surface area (Å²) < 4.78 is 27.0. The van der Waals surface area contributed by atoms with Crippen LogP contribution in [0, 0.1) is 0 Å². The predicted molar refractivity (Wildman–Crippen MR) is 75.6 cm³/mol. The molecule has 5 nitrogen and oxygen atoms in total. The molecule has 0 aliphatic carbocycles. The Morgan fingerprint density at radius 1 is 1.26 bits per heavy atom. The molecule has 0 radical (unpaired) electrons. The number of pyridine rings is 1. The van der Waals surface area contributed by atoms with Gasteiger partial charge in [-0.3, -0.25) is 0 Å². The van der Waals surface area contributed by atoms with Crippen LogP contribution in [0.4, 0.5) is 5.82 Å². The summed E-state index contributed by atoms with van der Waals surface area (Å²) in [5.41, 5.74) is 0. The normalized spacial score (nSPS) is 25.2. The fourth-order valence-electron chi connectivity index (χ4n) is 2.67. The lowest BCUT2D eigenvalue weighted by atomic mass is 10.0. The van der Waals surface area contributed by atoms with Crippen molar-refractivity contribution >= 4 is 15.8 Å². The van der Waals surface area contributed by atoms with E-state index in [1.807, 2.05) is 13.8 Å². The molecule has 1 aromatic rings. The van der Waals surface area contributed by atoms with E-state index in [1.165, 1.54) is 6.20 Å². The number of aromatic nitrogens is 1. The number of hydrogen-bond acceptors (Lipinski definition) is 4. The van der Waals surface area contributed by atoms with Gasteiger partial charge in [0, 0.05) is 25.3 Å². The fraction of sp³-hybridized carbons (Fsp3) is 0.615. The summed E-state index contributed by atoms with van der Waals surface area (Å²) in [7, 11) is -1.69. The molecule has 6 heteroatoms. The van der Waals surface area contributed by atoms with E-state index < -0.39 is 10.0 Å². The Kier molecular flexibility index (Phi) is 4.10. The SMILES string of the molecule is CNc1ccc(S(=O)(=O)N2C(C)CCCC2C)cn1. The minimum Gasteiger partial charge on any atom is -0.373 e. The van der Waals surface area contributed by atoms with E-state index in [9.17, 15) is 8.42 Å². The Hall–Kier alpha value is -1.14. The van der Waals surface area contributed by atoms with E-state index in [4.69, 9.17) is 0 Å². The van der Waals surface area contributed by atoms with Crippen molar-refractivity contribution in [2.45, 2.75) is 50.1 Å². The largest absolute Gasteiger partial charge is 0.373 e. The van der Waals surface area contributed by atoms with Gasteiger partial charge in [0.25, 0.3) is 0 Å². The predicted octanol–water partition coefficient (Wildman–Crippen LogP) is 2.07. The number of hydrogen-bond donors (Lipinski definition) is 1. The molecule has 1 N–H and O–H groups in total. The molecule has 1 aliphatic rings. The van der Waals surface area contributed by atoms with Gasteiger partial charge in [0.2, 0.25) is 10.0 Å². The number of rotatable bonds is 3. The van der Waals surface area contributed by atoms with E-state index in [2.05, 4.69) is 10.3 Å². The Morgan fingerprint density at radius 3 is 2.37 bits per heavy atom. The molecule has 1 saturated heterocycles. The highest BCUT2D eigenvalue weighted by atomic mass is 32.2. The molecule has 0 spiro atoms. The molecule has 0 bridgehead atoms. The topological polar surface area (TPSA) is 62.3 Å². The first kappa shape index (κ1) is 14.3. The molecule has 2 rings (SSSR count). The highest BCUT2D eigenvalue weighted by Crippen LogP contribution is 2.29. The zero-order valence-electron chi connectivity index (χ0n) is 11.6. The Bertz CT molecular complexity index is 517. The van der Waals surface area contributed by atoms with Gasteiger partial charge >= 0.3 is 0 Å². The van der Waals surface area contributed by atoms with E-state index >= 15 is 0 Å². The third-order valence-corrected chi connectivity index (χ3v) is 5.79. The average Bonchev–Trinajstić information content (AvgIpc) is 2.38. The van der Waals surface area contributed by atoms with Crippen LogP contribution in [0.15, 0.2) is 23.2 Å². The number of piperidine rings is 1. The average molecular weight is 283 g/mol. The molecule has 2 atom stereocenters. The van der Waals surface area contributed by atoms with Gasteiger partial charge in [0.1, 0.15) is 10.7 Å². The van der Waals surface area contributed by atoms with Gasteiger partial charge in [-0.25, -0.2) is 13.4 Å². The van der Waals surface area contributed by atoms with E-state index in [1.54, 1.807) is 23.5 Å². The molecule has 1 aromatic heterocycles. The van der Waals surface area contributed by atoms with Gasteiger partial charge in [0.05, 0.1) is 0 Å². The second kappa shape index (κ2) is 5.46. The molecular formula is C13H21N3O2S. The first-order valence-corrected chi connectivity index (χ1v) is 8.08. The standard InChI is InChI=1S/C13H21N3O2S/c1-10-5-4-6-11(2)16(10)19(17,18)12-7-8-13(14-3)15-9-12/h7-11H,4-6H2,1-3H3,(H,14,15). The van der Waals surface area contributed by atoms with Crippen molar-refractivity contribution < 1.29 is 8.42 Å². The third-order valence-electron chi connectivity index (χ3n) is 3.68. The lowest BCUT2D eigenvalue weighted by Gasteiger charge is -2.37. The van der Waals surface area contributed by atoms with Crippen molar-refractivity contribution in [1.29, 1.82) is 0 Å². The summed E-state index contributed by atoms with van der Waals surface area (Å²) in [5, 5.41) is 2.88. The Morgan fingerprint density at radius 2 is 1.89 bits per heavy atom. The van der Waals surface area contributed by atoms with Crippen LogP contribution in [0.25, 0.3) is 0 Å². The summed E-state index contributed by atoms with van der Waals surface area (Å²) in [4.78, 5) is 4.36.